The molecule has 2 heterocycles. The van der Waals surface area contributed by atoms with E-state index in [1.54, 1.807) is 6.07 Å². The van der Waals surface area contributed by atoms with E-state index < -0.39 is 18.5 Å². The number of alkyl halides is 3. The molecule has 4 rings (SSSR count). The minimum Gasteiger partial charge on any atom is -0.437 e. The highest BCUT2D eigenvalue weighted by Gasteiger charge is 2.27. The smallest absolute Gasteiger partial charge is 0.401 e. The highest BCUT2D eigenvalue weighted by molar-refractivity contribution is 9.10. The van der Waals surface area contributed by atoms with Crippen LogP contribution in [0.5, 0.6) is 11.6 Å². The van der Waals surface area contributed by atoms with Crippen LogP contribution in [0.2, 0.25) is 0 Å². The van der Waals surface area contributed by atoms with Crippen LogP contribution < -0.4 is 10.1 Å². The van der Waals surface area contributed by atoms with Gasteiger partial charge in [-0.2, -0.15) is 13.2 Å². The minimum absolute atomic E-state index is 0.00602. The zero-order valence-corrected chi connectivity index (χ0v) is 16.6. The van der Waals surface area contributed by atoms with E-state index >= 15 is 0 Å². The molecule has 1 fully saturated rings. The number of fused-ring (bicyclic) bond motifs is 1. The van der Waals surface area contributed by atoms with Gasteiger partial charge in [-0.1, -0.05) is 5.21 Å². The van der Waals surface area contributed by atoms with Crippen LogP contribution in [-0.4, -0.2) is 32.7 Å². The number of benzene rings is 1. The molecule has 1 aromatic carbocycles. The number of hydrogen-bond donors (Lipinski definition) is 1. The Labute approximate surface area is 171 Å². The van der Waals surface area contributed by atoms with Crippen molar-refractivity contribution in [2.45, 2.75) is 32.1 Å². The van der Waals surface area contributed by atoms with Gasteiger partial charge in [0, 0.05) is 18.7 Å². The first kappa shape index (κ1) is 20.0. The van der Waals surface area contributed by atoms with Crippen LogP contribution in [0.4, 0.5) is 17.6 Å². The molecule has 1 aliphatic carbocycles. The standard InChI is InChI=1S/C18H16BrF4N5O/c19-15-14(4-3-13-16(15)26-27-28(13)8-10-1-2-10)29-17-11(5-12(20)7-25-17)6-24-9-18(21,22)23/h3-5,7,10,24H,1-2,6,8-9H2. The third kappa shape index (κ3) is 4.84. The summed E-state index contributed by atoms with van der Waals surface area (Å²) in [5, 5.41) is 10.6. The monoisotopic (exact) mass is 473 g/mol. The number of hydrogen-bond acceptors (Lipinski definition) is 5. The Hall–Kier alpha value is -2.27. The summed E-state index contributed by atoms with van der Waals surface area (Å²) in [6.45, 7) is -0.655. The van der Waals surface area contributed by atoms with Crippen molar-refractivity contribution in [3.63, 3.8) is 0 Å². The van der Waals surface area contributed by atoms with Crippen molar-refractivity contribution in [2.24, 2.45) is 5.92 Å². The van der Waals surface area contributed by atoms with Crippen molar-refractivity contribution < 1.29 is 22.3 Å². The molecule has 29 heavy (non-hydrogen) atoms. The second kappa shape index (κ2) is 7.86. The molecule has 6 nitrogen and oxygen atoms in total. The first-order valence-electron chi connectivity index (χ1n) is 8.91. The Bertz CT molecular complexity index is 1030. The molecular weight excluding hydrogens is 458 g/mol. The predicted octanol–water partition coefficient (Wildman–Crippen LogP) is 4.58. The average molecular weight is 474 g/mol. The van der Waals surface area contributed by atoms with Crippen molar-refractivity contribution in [3.05, 3.63) is 40.2 Å². The lowest BCUT2D eigenvalue weighted by Crippen LogP contribution is -2.28. The average Bonchev–Trinajstić information content (AvgIpc) is 3.37. The molecule has 1 N–H and O–H groups in total. The van der Waals surface area contributed by atoms with E-state index in [0.29, 0.717) is 21.7 Å². The lowest BCUT2D eigenvalue weighted by atomic mass is 10.2. The molecule has 0 amide bonds. The summed E-state index contributed by atoms with van der Waals surface area (Å²) in [4.78, 5) is 3.88. The Morgan fingerprint density at radius 2 is 2.07 bits per heavy atom. The highest BCUT2D eigenvalue weighted by Crippen LogP contribution is 2.37. The molecule has 3 aromatic rings. The molecule has 154 valence electrons. The van der Waals surface area contributed by atoms with Gasteiger partial charge in [-0.05, 0) is 52.9 Å². The number of halogens is 5. The second-order valence-corrected chi connectivity index (χ2v) is 7.69. The van der Waals surface area contributed by atoms with Crippen LogP contribution in [0.25, 0.3) is 11.0 Å². The maximum atomic E-state index is 13.5. The van der Waals surface area contributed by atoms with Crippen LogP contribution in [0.3, 0.4) is 0 Å². The first-order chi connectivity index (χ1) is 13.8. The van der Waals surface area contributed by atoms with E-state index in [2.05, 4.69) is 36.5 Å². The van der Waals surface area contributed by atoms with Gasteiger partial charge in [-0.15, -0.1) is 5.10 Å². The van der Waals surface area contributed by atoms with E-state index in [9.17, 15) is 17.6 Å². The summed E-state index contributed by atoms with van der Waals surface area (Å²) < 4.78 is 58.8. The Morgan fingerprint density at radius 1 is 1.28 bits per heavy atom. The van der Waals surface area contributed by atoms with E-state index in [0.717, 1.165) is 24.3 Å². The molecule has 0 aliphatic heterocycles. The zero-order valence-electron chi connectivity index (χ0n) is 15.0. The normalized spacial score (nSPS) is 14.5. The van der Waals surface area contributed by atoms with Crippen LogP contribution in [0.15, 0.2) is 28.9 Å². The van der Waals surface area contributed by atoms with Gasteiger partial charge < -0.3 is 10.1 Å². The number of ether oxygens (including phenoxy) is 1. The van der Waals surface area contributed by atoms with E-state index in [1.807, 2.05) is 10.7 Å². The Balaban J connectivity index is 1.56. The van der Waals surface area contributed by atoms with Crippen molar-refractivity contribution in [3.8, 4) is 11.6 Å². The van der Waals surface area contributed by atoms with Gasteiger partial charge in [0.2, 0.25) is 5.88 Å². The van der Waals surface area contributed by atoms with Crippen molar-refractivity contribution in [1.29, 1.82) is 0 Å². The third-order valence-electron chi connectivity index (χ3n) is 4.46. The van der Waals surface area contributed by atoms with E-state index in [-0.39, 0.29) is 18.0 Å². The molecule has 0 bridgehead atoms. The van der Waals surface area contributed by atoms with Crippen LogP contribution in [0, 0.1) is 11.7 Å². The van der Waals surface area contributed by atoms with Gasteiger partial charge in [0.1, 0.15) is 17.1 Å². The van der Waals surface area contributed by atoms with Gasteiger partial charge in [0.25, 0.3) is 0 Å². The van der Waals surface area contributed by atoms with Crippen LogP contribution in [-0.2, 0) is 13.1 Å². The second-order valence-electron chi connectivity index (χ2n) is 6.90. The topological polar surface area (TPSA) is 64.9 Å². The molecule has 0 unspecified atom stereocenters. The summed E-state index contributed by atoms with van der Waals surface area (Å²) >= 11 is 3.45. The SMILES string of the molecule is Fc1cnc(Oc2ccc3c(nnn3CC3CC3)c2Br)c(CNCC(F)(F)F)c1. The maximum absolute atomic E-state index is 13.5. The zero-order chi connectivity index (χ0) is 20.6. The summed E-state index contributed by atoms with van der Waals surface area (Å²) in [7, 11) is 0. The number of aromatic nitrogens is 4. The largest absolute Gasteiger partial charge is 0.437 e. The van der Waals surface area contributed by atoms with Crippen LogP contribution in [0.1, 0.15) is 18.4 Å². The summed E-state index contributed by atoms with van der Waals surface area (Å²) in [5.41, 5.74) is 1.61. The Morgan fingerprint density at radius 3 is 2.79 bits per heavy atom. The van der Waals surface area contributed by atoms with Gasteiger partial charge in [0.05, 0.1) is 22.7 Å². The lowest BCUT2D eigenvalue weighted by Gasteiger charge is -2.13. The molecule has 11 heteroatoms. The predicted molar refractivity (Wildman–Crippen MR) is 100.0 cm³/mol. The molecule has 1 aliphatic rings. The first-order valence-corrected chi connectivity index (χ1v) is 9.71. The molecule has 0 atom stereocenters. The van der Waals surface area contributed by atoms with Gasteiger partial charge >= 0.3 is 6.18 Å². The fourth-order valence-corrected chi connectivity index (χ4v) is 3.37. The number of pyridine rings is 1. The summed E-state index contributed by atoms with van der Waals surface area (Å²) in [5.74, 6) is 0.321. The molecular formula is C18H16BrF4N5O. The number of nitrogens with zero attached hydrogens (tertiary/aromatic N) is 4. The van der Waals surface area contributed by atoms with E-state index in [1.165, 1.54) is 12.8 Å². The maximum Gasteiger partial charge on any atom is 0.401 e. The summed E-state index contributed by atoms with van der Waals surface area (Å²) in [6, 6.07) is 4.59. The summed E-state index contributed by atoms with van der Waals surface area (Å²) in [6.07, 6.45) is -1.06. The fraction of sp³-hybridized carbons (Fsp3) is 0.389. The molecule has 0 radical (unpaired) electrons. The molecule has 1 saturated carbocycles. The van der Waals surface area contributed by atoms with Gasteiger partial charge in [0.15, 0.2) is 0 Å². The number of nitrogens with one attached hydrogen (secondary N) is 1. The van der Waals surface area contributed by atoms with E-state index in [4.69, 9.17) is 4.74 Å². The lowest BCUT2D eigenvalue weighted by molar-refractivity contribution is -0.125. The molecule has 0 spiro atoms. The molecule has 2 aromatic heterocycles. The quantitative estimate of drug-likeness (QED) is 0.508. The van der Waals surface area contributed by atoms with Gasteiger partial charge in [-0.25, -0.2) is 14.1 Å². The molecule has 0 saturated heterocycles. The Kier molecular flexibility index (Phi) is 5.43. The third-order valence-corrected chi connectivity index (χ3v) is 5.22. The van der Waals surface area contributed by atoms with Crippen LogP contribution >= 0.6 is 15.9 Å². The minimum atomic E-state index is -4.37. The number of rotatable bonds is 7. The van der Waals surface area contributed by atoms with Gasteiger partial charge in [-0.3, -0.25) is 0 Å². The fourth-order valence-electron chi connectivity index (χ4n) is 2.88. The highest BCUT2D eigenvalue weighted by atomic mass is 79.9. The van der Waals surface area contributed by atoms with Crippen molar-refractivity contribution in [1.82, 2.24) is 25.3 Å². The van der Waals surface area contributed by atoms with Crippen molar-refractivity contribution >= 4 is 27.0 Å². The van der Waals surface area contributed by atoms with Crippen molar-refractivity contribution in [2.75, 3.05) is 6.54 Å².